The van der Waals surface area contributed by atoms with Gasteiger partial charge in [0.15, 0.2) is 0 Å². The Bertz CT molecular complexity index is 1990. The van der Waals surface area contributed by atoms with E-state index < -0.39 is 40.9 Å². The molecule has 0 atom stereocenters. The van der Waals surface area contributed by atoms with Gasteiger partial charge in [-0.25, -0.2) is 23.4 Å². The second-order valence-electron chi connectivity index (χ2n) is 12.4. The Balaban J connectivity index is 0.000000183. The maximum absolute atomic E-state index is 14.1. The molecule has 3 aliphatic heterocycles. The highest BCUT2D eigenvalue weighted by Crippen LogP contribution is 2.42. The van der Waals surface area contributed by atoms with Crippen LogP contribution in [0.5, 0.6) is 0 Å². The summed E-state index contributed by atoms with van der Waals surface area (Å²) in [5, 5.41) is 2.02. The van der Waals surface area contributed by atoms with Crippen LogP contribution in [0.1, 0.15) is 52.3 Å². The van der Waals surface area contributed by atoms with Gasteiger partial charge in [-0.05, 0) is 109 Å². The van der Waals surface area contributed by atoms with Gasteiger partial charge in [0.25, 0.3) is 0 Å². The van der Waals surface area contributed by atoms with Crippen LogP contribution in [0.3, 0.4) is 0 Å². The molecule has 8 rings (SSSR count). The maximum atomic E-state index is 14.1. The number of rotatable bonds is 5. The molecule has 3 aliphatic rings. The van der Waals surface area contributed by atoms with E-state index in [1.54, 1.807) is 6.07 Å². The lowest BCUT2D eigenvalue weighted by Crippen LogP contribution is -2.30. The Morgan fingerprint density at radius 1 is 0.680 bits per heavy atom. The Kier molecular flexibility index (Phi) is 9.61. The predicted octanol–water partition coefficient (Wildman–Crippen LogP) is 9.54. The maximum Gasteiger partial charge on any atom is 0.419 e. The highest BCUT2D eigenvalue weighted by molar-refractivity contribution is 5.86. The van der Waals surface area contributed by atoms with Gasteiger partial charge in [-0.15, -0.1) is 0 Å². The largest absolute Gasteiger partial charge is 0.419 e. The van der Waals surface area contributed by atoms with E-state index in [2.05, 4.69) is 4.90 Å². The molecule has 5 aromatic rings. The molecule has 1 saturated heterocycles. The van der Waals surface area contributed by atoms with Crippen LogP contribution in [0.2, 0.25) is 0 Å². The molecule has 1 aromatic heterocycles. The second-order valence-corrected chi connectivity index (χ2v) is 12.4. The van der Waals surface area contributed by atoms with Crippen molar-refractivity contribution in [1.29, 1.82) is 0 Å². The molecule has 0 unspecified atom stereocenters. The van der Waals surface area contributed by atoms with E-state index in [4.69, 9.17) is 5.84 Å². The fraction of sp³-hybridized carbons (Fsp3) is 0.278. The van der Waals surface area contributed by atoms with Crippen molar-refractivity contribution in [3.63, 3.8) is 0 Å². The number of nitrogens with two attached hydrogens (primary N) is 1. The van der Waals surface area contributed by atoms with Crippen LogP contribution in [0.25, 0.3) is 10.9 Å². The highest BCUT2D eigenvalue weighted by Gasteiger charge is 2.36. The zero-order chi connectivity index (χ0) is 36.0. The van der Waals surface area contributed by atoms with Crippen LogP contribution in [0.15, 0.2) is 78.9 Å². The lowest BCUT2D eigenvalue weighted by atomic mass is 9.94. The lowest BCUT2D eigenvalue weighted by Gasteiger charge is -2.27. The van der Waals surface area contributed by atoms with Crippen LogP contribution in [0.4, 0.5) is 49.6 Å². The molecule has 4 aromatic carbocycles. The summed E-state index contributed by atoms with van der Waals surface area (Å²) in [6.07, 6.45) is -7.47. The number of halogens is 10. The molecule has 0 spiro atoms. The monoisotopic (exact) mass is 708 g/mol. The van der Waals surface area contributed by atoms with Gasteiger partial charge in [0.1, 0.15) is 23.3 Å². The van der Waals surface area contributed by atoms with Crippen LogP contribution in [-0.2, 0) is 32.0 Å². The van der Waals surface area contributed by atoms with Crippen LogP contribution >= 0.6 is 0 Å². The number of fused-ring (bicyclic) bond motifs is 3. The standard InChI is InChI=1S/C22H19F5N2.C14H11F5N2/c23-15-2-4-20-16(10-15)17-12-28-7-5-14(6-8-28)21(17)29(20)11-13-1-3-18(19(24)9-13)22(25,26)27;15-10-2-4-11(5-3-10)21(20)8-9-1-6-12(13(16)7-9)14(17,18)19/h1-4,9-10,14H,5-8,11-12H2;1-7H,8,20H2. The van der Waals surface area contributed by atoms with E-state index >= 15 is 0 Å². The number of alkyl halides is 6. The van der Waals surface area contributed by atoms with Gasteiger partial charge in [-0.1, -0.05) is 12.1 Å². The molecule has 0 amide bonds. The number of hydrazine groups is 1. The summed E-state index contributed by atoms with van der Waals surface area (Å²) in [5.74, 6) is 2.66. The smallest absolute Gasteiger partial charge is 0.340 e. The number of benzene rings is 4. The van der Waals surface area contributed by atoms with Gasteiger partial charge < -0.3 is 9.58 Å². The van der Waals surface area contributed by atoms with Crippen molar-refractivity contribution in [3.05, 3.63) is 136 Å². The number of piperidine rings is 1. The van der Waals surface area contributed by atoms with Crippen molar-refractivity contribution in [2.24, 2.45) is 5.84 Å². The van der Waals surface area contributed by atoms with E-state index in [-0.39, 0.29) is 24.5 Å². The molecule has 2 bridgehead atoms. The van der Waals surface area contributed by atoms with Crippen molar-refractivity contribution in [3.8, 4) is 0 Å². The first kappa shape index (κ1) is 35.3. The number of hydrogen-bond donors (Lipinski definition) is 1. The molecule has 1 fully saturated rings. The number of aromatic nitrogens is 1. The third-order valence-corrected chi connectivity index (χ3v) is 9.06. The first-order chi connectivity index (χ1) is 23.6. The average Bonchev–Trinajstić information content (AvgIpc) is 3.15. The minimum absolute atomic E-state index is 0.0132. The van der Waals surface area contributed by atoms with E-state index in [1.165, 1.54) is 47.5 Å². The van der Waals surface area contributed by atoms with Crippen LogP contribution in [0, 0.1) is 23.3 Å². The van der Waals surface area contributed by atoms with Crippen molar-refractivity contribution in [2.75, 3.05) is 18.1 Å². The van der Waals surface area contributed by atoms with Gasteiger partial charge in [-0.2, -0.15) is 26.3 Å². The molecular formula is C36H30F10N4. The number of nitrogens with zero attached hydrogens (tertiary/aromatic N) is 3. The second kappa shape index (κ2) is 13.6. The van der Waals surface area contributed by atoms with Gasteiger partial charge in [0.05, 0.1) is 23.4 Å². The molecule has 0 radical (unpaired) electrons. The Morgan fingerprint density at radius 2 is 1.24 bits per heavy atom. The number of hydrogen-bond acceptors (Lipinski definition) is 3. The van der Waals surface area contributed by atoms with Gasteiger partial charge >= 0.3 is 12.4 Å². The summed E-state index contributed by atoms with van der Waals surface area (Å²) in [4.78, 5) is 2.36. The summed E-state index contributed by atoms with van der Waals surface area (Å²) in [6.45, 7) is 2.93. The van der Waals surface area contributed by atoms with E-state index in [9.17, 15) is 43.9 Å². The Morgan fingerprint density at radius 3 is 1.82 bits per heavy atom. The van der Waals surface area contributed by atoms with Gasteiger partial charge in [-0.3, -0.25) is 4.90 Å². The van der Waals surface area contributed by atoms with Crippen molar-refractivity contribution >= 4 is 16.6 Å². The first-order valence-electron chi connectivity index (χ1n) is 15.6. The lowest BCUT2D eigenvalue weighted by molar-refractivity contribution is -0.140. The van der Waals surface area contributed by atoms with Gasteiger partial charge in [0.2, 0.25) is 0 Å². The minimum atomic E-state index is -4.73. The highest BCUT2D eigenvalue weighted by atomic mass is 19.4. The Hall–Kier alpha value is -4.56. The summed E-state index contributed by atoms with van der Waals surface area (Å²) in [6, 6.07) is 15.5. The topological polar surface area (TPSA) is 37.4 Å². The molecule has 264 valence electrons. The third-order valence-electron chi connectivity index (χ3n) is 9.06. The molecule has 0 saturated carbocycles. The van der Waals surface area contributed by atoms with Crippen molar-refractivity contribution in [2.45, 2.75) is 50.7 Å². The predicted molar refractivity (Wildman–Crippen MR) is 168 cm³/mol. The summed E-state index contributed by atoms with van der Waals surface area (Å²) >= 11 is 0. The fourth-order valence-electron chi connectivity index (χ4n) is 6.68. The van der Waals surface area contributed by atoms with E-state index in [0.29, 0.717) is 23.2 Å². The summed E-state index contributed by atoms with van der Waals surface area (Å²) in [5.41, 5.74) is 1.65. The minimum Gasteiger partial charge on any atom is -0.340 e. The third kappa shape index (κ3) is 7.46. The SMILES string of the molecule is Fc1ccc2c(c1)c1c(n2Cc2ccc(C(F)(F)F)c(F)c2)C2CCN(CC2)C1.NN(Cc1ccc(C(F)(F)F)c(F)c1)c1ccc(F)cc1. The summed E-state index contributed by atoms with van der Waals surface area (Å²) in [7, 11) is 0. The molecule has 2 N–H and O–H groups in total. The average molecular weight is 709 g/mol. The van der Waals surface area contributed by atoms with Gasteiger partial charge in [0, 0.05) is 35.6 Å². The molecular weight excluding hydrogens is 678 g/mol. The first-order valence-corrected chi connectivity index (χ1v) is 15.6. The molecule has 14 heteroatoms. The quantitative estimate of drug-likeness (QED) is 0.112. The molecule has 0 aliphatic carbocycles. The number of anilines is 1. The van der Waals surface area contributed by atoms with Crippen LogP contribution < -0.4 is 10.9 Å². The molecule has 4 nitrogen and oxygen atoms in total. The van der Waals surface area contributed by atoms with Crippen molar-refractivity contribution in [1.82, 2.24) is 9.47 Å². The zero-order valence-corrected chi connectivity index (χ0v) is 26.2. The molecule has 4 heterocycles. The van der Waals surface area contributed by atoms with E-state index in [1.807, 2.05) is 4.57 Å². The van der Waals surface area contributed by atoms with Crippen molar-refractivity contribution < 1.29 is 43.9 Å². The fourth-order valence-corrected chi connectivity index (χ4v) is 6.68. The van der Waals surface area contributed by atoms with Crippen LogP contribution in [-0.4, -0.2) is 22.6 Å². The van der Waals surface area contributed by atoms with E-state index in [0.717, 1.165) is 78.9 Å². The molecule has 50 heavy (non-hydrogen) atoms. The normalized spacial score (nSPS) is 17.3. The Labute approximate surface area is 280 Å². The summed E-state index contributed by atoms with van der Waals surface area (Å²) < 4.78 is 132. The zero-order valence-electron chi connectivity index (χ0n) is 26.2.